The van der Waals surface area contributed by atoms with Crippen molar-refractivity contribution < 1.29 is 0 Å². The van der Waals surface area contributed by atoms with E-state index in [0.29, 0.717) is 6.04 Å². The molecule has 2 rings (SSSR count). The summed E-state index contributed by atoms with van der Waals surface area (Å²) in [4.78, 5) is 15.7. The van der Waals surface area contributed by atoms with Crippen LogP contribution in [0.15, 0.2) is 12.7 Å². The fraction of sp³-hybridized carbons (Fsp3) is 0.880. The van der Waals surface area contributed by atoms with Gasteiger partial charge in [-0.3, -0.25) is 9.91 Å². The molecule has 0 aliphatic carbocycles. The molecule has 34 heavy (non-hydrogen) atoms. The van der Waals surface area contributed by atoms with Crippen molar-refractivity contribution in [2.24, 2.45) is 5.73 Å². The number of nitrogens with two attached hydrogens (primary N) is 1. The van der Waals surface area contributed by atoms with Crippen LogP contribution < -0.4 is 21.4 Å². The predicted octanol–water partition coefficient (Wildman–Crippen LogP) is 2.26. The Bertz CT molecular complexity index is 650. The second-order valence-corrected chi connectivity index (χ2v) is 10.8. The SMILES string of the molecule is CCCCN(C1CC(C)(C)N(C)C(C)(C)C1)N(CCCNCCNCCCN)c1ncncn1. The standard InChI is InChI=1S/C25H51N9/c1-7-8-16-33(22-18-24(2,3)32(6)25(4,5)19-22)34(23-30-20-29-21-31-23)17-10-13-28-15-14-27-12-9-11-26/h20-22,27-28H,7-19,26H2,1-6H3. The molecule has 0 radical (unpaired) electrons. The molecular weight excluding hydrogens is 426 g/mol. The number of aromatic nitrogens is 3. The Labute approximate surface area is 208 Å². The summed E-state index contributed by atoms with van der Waals surface area (Å²) in [5, 5.41) is 11.9. The molecule has 1 aromatic rings. The molecule has 0 amide bonds. The highest BCUT2D eigenvalue weighted by molar-refractivity contribution is 5.26. The topological polar surface area (TPSA) is 98.5 Å². The maximum atomic E-state index is 5.55. The minimum absolute atomic E-state index is 0.125. The Balaban J connectivity index is 2.09. The Kier molecular flexibility index (Phi) is 12.1. The van der Waals surface area contributed by atoms with E-state index in [4.69, 9.17) is 5.73 Å². The van der Waals surface area contributed by atoms with E-state index in [1.165, 1.54) is 6.42 Å². The van der Waals surface area contributed by atoms with Crippen LogP contribution >= 0.6 is 0 Å². The number of anilines is 1. The van der Waals surface area contributed by atoms with E-state index in [0.717, 1.165) is 83.9 Å². The van der Waals surface area contributed by atoms with E-state index in [9.17, 15) is 0 Å². The predicted molar refractivity (Wildman–Crippen MR) is 142 cm³/mol. The maximum Gasteiger partial charge on any atom is 0.243 e. The molecule has 0 bridgehead atoms. The van der Waals surface area contributed by atoms with Gasteiger partial charge in [0, 0.05) is 43.3 Å². The van der Waals surface area contributed by atoms with Crippen LogP contribution in [0, 0.1) is 0 Å². The largest absolute Gasteiger partial charge is 0.330 e. The number of hydrogen-bond donors (Lipinski definition) is 3. The summed E-state index contributed by atoms with van der Waals surface area (Å²) in [7, 11) is 2.27. The van der Waals surface area contributed by atoms with Gasteiger partial charge in [-0.05, 0) is 86.5 Å². The van der Waals surface area contributed by atoms with Gasteiger partial charge in [-0.15, -0.1) is 0 Å². The normalized spacial score (nSPS) is 18.5. The van der Waals surface area contributed by atoms with Crippen LogP contribution in [-0.2, 0) is 0 Å². The van der Waals surface area contributed by atoms with Gasteiger partial charge in [0.25, 0.3) is 0 Å². The van der Waals surface area contributed by atoms with Gasteiger partial charge in [-0.2, -0.15) is 0 Å². The fourth-order valence-corrected chi connectivity index (χ4v) is 5.07. The van der Waals surface area contributed by atoms with Crippen LogP contribution in [0.25, 0.3) is 0 Å². The number of hydrogen-bond acceptors (Lipinski definition) is 9. The summed E-state index contributed by atoms with van der Waals surface area (Å²) in [6.07, 6.45) is 9.83. The van der Waals surface area contributed by atoms with Crippen molar-refractivity contribution in [2.75, 3.05) is 57.9 Å². The first-order chi connectivity index (χ1) is 16.2. The van der Waals surface area contributed by atoms with E-state index >= 15 is 0 Å². The van der Waals surface area contributed by atoms with Gasteiger partial charge in [0.2, 0.25) is 5.95 Å². The second-order valence-electron chi connectivity index (χ2n) is 10.8. The maximum absolute atomic E-state index is 5.55. The van der Waals surface area contributed by atoms with Crippen molar-refractivity contribution in [1.82, 2.24) is 35.5 Å². The first-order valence-electron chi connectivity index (χ1n) is 13.2. The van der Waals surface area contributed by atoms with Gasteiger partial charge in [-0.1, -0.05) is 13.3 Å². The number of unbranched alkanes of at least 4 members (excludes halogenated alkanes) is 1. The molecule has 1 aliphatic rings. The molecule has 0 unspecified atom stereocenters. The summed E-state index contributed by atoms with van der Waals surface area (Å²) in [6.45, 7) is 18.3. The Morgan fingerprint density at radius 3 is 2.09 bits per heavy atom. The molecule has 2 heterocycles. The summed E-state index contributed by atoms with van der Waals surface area (Å²) < 4.78 is 0. The molecule has 0 aromatic carbocycles. The number of hydrazine groups is 1. The van der Waals surface area contributed by atoms with E-state index in [1.54, 1.807) is 12.7 Å². The second kappa shape index (κ2) is 14.2. The summed E-state index contributed by atoms with van der Waals surface area (Å²) in [6, 6.07) is 0.434. The molecule has 1 fully saturated rings. The van der Waals surface area contributed by atoms with Crippen LogP contribution in [0.2, 0.25) is 0 Å². The smallest absolute Gasteiger partial charge is 0.243 e. The fourth-order valence-electron chi connectivity index (χ4n) is 5.07. The van der Waals surface area contributed by atoms with E-state index in [1.807, 2.05) is 0 Å². The van der Waals surface area contributed by atoms with E-state index in [-0.39, 0.29) is 11.1 Å². The first kappa shape index (κ1) is 28.8. The summed E-state index contributed by atoms with van der Waals surface area (Å²) in [5.41, 5.74) is 5.80. The van der Waals surface area contributed by atoms with Gasteiger partial charge in [-0.25, -0.2) is 20.0 Å². The quantitative estimate of drug-likeness (QED) is 0.245. The zero-order chi connectivity index (χ0) is 25.0. The van der Waals surface area contributed by atoms with Crippen LogP contribution in [-0.4, -0.2) is 94.8 Å². The zero-order valence-corrected chi connectivity index (χ0v) is 22.7. The minimum Gasteiger partial charge on any atom is -0.330 e. The van der Waals surface area contributed by atoms with Gasteiger partial charge < -0.3 is 16.4 Å². The third-order valence-electron chi connectivity index (χ3n) is 7.23. The lowest BCUT2D eigenvalue weighted by atomic mass is 9.77. The number of nitrogens with one attached hydrogen (secondary N) is 2. The molecule has 9 nitrogen and oxygen atoms in total. The molecule has 0 spiro atoms. The molecule has 1 saturated heterocycles. The molecule has 196 valence electrons. The molecule has 9 heteroatoms. The van der Waals surface area contributed by atoms with Crippen molar-refractivity contribution >= 4 is 5.95 Å². The minimum atomic E-state index is 0.125. The molecular formula is C25H51N9. The van der Waals surface area contributed by atoms with Crippen LogP contribution in [0.1, 0.15) is 73.1 Å². The van der Waals surface area contributed by atoms with Gasteiger partial charge >= 0.3 is 0 Å². The lowest BCUT2D eigenvalue weighted by Crippen LogP contribution is -2.65. The van der Waals surface area contributed by atoms with E-state index < -0.39 is 0 Å². The number of likely N-dealkylation sites (tertiary alicyclic amines) is 1. The lowest BCUT2D eigenvalue weighted by Gasteiger charge is -2.56. The number of nitrogens with zero attached hydrogens (tertiary/aromatic N) is 6. The molecule has 4 N–H and O–H groups in total. The Morgan fingerprint density at radius 2 is 1.53 bits per heavy atom. The highest BCUT2D eigenvalue weighted by Gasteiger charge is 2.45. The van der Waals surface area contributed by atoms with Crippen molar-refractivity contribution in [1.29, 1.82) is 0 Å². The van der Waals surface area contributed by atoms with Gasteiger partial charge in [0.1, 0.15) is 12.7 Å². The molecule has 1 aromatic heterocycles. The molecule has 0 saturated carbocycles. The van der Waals surface area contributed by atoms with Crippen molar-refractivity contribution in [3.05, 3.63) is 12.7 Å². The van der Waals surface area contributed by atoms with Crippen molar-refractivity contribution in [3.63, 3.8) is 0 Å². The average Bonchev–Trinajstić information content (AvgIpc) is 2.80. The zero-order valence-electron chi connectivity index (χ0n) is 22.7. The molecule has 1 aliphatic heterocycles. The van der Waals surface area contributed by atoms with Crippen molar-refractivity contribution in [2.45, 2.75) is 90.3 Å². The monoisotopic (exact) mass is 477 g/mol. The highest BCUT2D eigenvalue weighted by Crippen LogP contribution is 2.39. The lowest BCUT2D eigenvalue weighted by molar-refractivity contribution is -0.0508. The van der Waals surface area contributed by atoms with Gasteiger partial charge in [0.05, 0.1) is 0 Å². The van der Waals surface area contributed by atoms with Crippen LogP contribution in [0.5, 0.6) is 0 Å². The first-order valence-corrected chi connectivity index (χ1v) is 13.2. The van der Waals surface area contributed by atoms with Crippen molar-refractivity contribution in [3.8, 4) is 0 Å². The van der Waals surface area contributed by atoms with Crippen LogP contribution in [0.4, 0.5) is 5.95 Å². The summed E-state index contributed by atoms with van der Waals surface area (Å²) in [5.74, 6) is 0.754. The van der Waals surface area contributed by atoms with E-state index in [2.05, 4.69) is 82.2 Å². The average molecular weight is 478 g/mol. The Morgan fingerprint density at radius 1 is 0.941 bits per heavy atom. The highest BCUT2D eigenvalue weighted by atomic mass is 15.7. The third kappa shape index (κ3) is 8.68. The summed E-state index contributed by atoms with van der Waals surface area (Å²) >= 11 is 0. The number of piperidine rings is 1. The van der Waals surface area contributed by atoms with Crippen LogP contribution in [0.3, 0.4) is 0 Å². The Hall–Kier alpha value is -1.39. The molecule has 0 atom stereocenters. The number of rotatable bonds is 16. The third-order valence-corrected chi connectivity index (χ3v) is 7.23. The van der Waals surface area contributed by atoms with Gasteiger partial charge in [0.15, 0.2) is 0 Å².